The second-order valence-electron chi connectivity index (χ2n) is 6.94. The van der Waals surface area contributed by atoms with Gasteiger partial charge in [0.05, 0.1) is 11.9 Å². The van der Waals surface area contributed by atoms with E-state index >= 15 is 0 Å². The van der Waals surface area contributed by atoms with Crippen molar-refractivity contribution in [3.8, 4) is 0 Å². The predicted octanol–water partition coefficient (Wildman–Crippen LogP) is 5.18. The number of allylic oxidation sites excluding steroid dienone is 3. The van der Waals surface area contributed by atoms with E-state index in [0.717, 1.165) is 25.1 Å². The van der Waals surface area contributed by atoms with Crippen LogP contribution in [0.5, 0.6) is 0 Å². The minimum atomic E-state index is 0.350. The van der Waals surface area contributed by atoms with Crippen LogP contribution in [0, 0.1) is 5.92 Å². The first-order valence-corrected chi connectivity index (χ1v) is 8.79. The van der Waals surface area contributed by atoms with Gasteiger partial charge in [0.15, 0.2) is 0 Å². The highest BCUT2D eigenvalue weighted by Gasteiger charge is 2.24. The molecule has 1 fully saturated rings. The molecule has 0 aromatic rings. The zero-order chi connectivity index (χ0) is 15.9. The molecule has 0 saturated heterocycles. The van der Waals surface area contributed by atoms with Crippen LogP contribution >= 0.6 is 0 Å². The molecule has 0 spiro atoms. The van der Waals surface area contributed by atoms with Crippen molar-refractivity contribution in [3.05, 3.63) is 48.0 Å². The van der Waals surface area contributed by atoms with Gasteiger partial charge < -0.3 is 10.6 Å². The van der Waals surface area contributed by atoms with Crippen molar-refractivity contribution in [1.29, 1.82) is 0 Å². The van der Waals surface area contributed by atoms with Gasteiger partial charge in [-0.05, 0) is 45.4 Å². The first-order chi connectivity index (χ1) is 10.6. The third-order valence-electron chi connectivity index (χ3n) is 4.97. The summed E-state index contributed by atoms with van der Waals surface area (Å²) in [5.74, 6) is 1.62. The van der Waals surface area contributed by atoms with Crippen molar-refractivity contribution in [2.24, 2.45) is 5.92 Å². The monoisotopic (exact) mass is 300 g/mol. The minimum Gasteiger partial charge on any atom is -0.365 e. The third kappa shape index (κ3) is 4.79. The highest BCUT2D eigenvalue weighted by atomic mass is 15.1. The molecule has 0 aliphatic heterocycles. The molecule has 2 N–H and O–H groups in total. The summed E-state index contributed by atoms with van der Waals surface area (Å²) in [6.07, 6.45) is 14.5. The number of rotatable bonds is 6. The third-order valence-corrected chi connectivity index (χ3v) is 4.97. The summed E-state index contributed by atoms with van der Waals surface area (Å²) >= 11 is 0. The number of nitrogens with one attached hydrogen (secondary N) is 2. The van der Waals surface area contributed by atoms with Gasteiger partial charge in [0.2, 0.25) is 0 Å². The molecule has 2 heteroatoms. The quantitative estimate of drug-likeness (QED) is 0.661. The standard InChI is InChI=1S/C20H32N2/c1-15(2)20(18-12-8-6-9-13-18)22-17(4)21-19-14-10-5-7-11-16(19)3/h5,10,18,20-22H,1,4,6-9,11-14H2,2-3H3. The normalized spacial score (nSPS) is 21.2. The van der Waals surface area contributed by atoms with Crippen molar-refractivity contribution in [2.45, 2.75) is 71.3 Å². The van der Waals surface area contributed by atoms with Crippen LogP contribution in [0.2, 0.25) is 0 Å². The Balaban J connectivity index is 1.96. The molecule has 0 bridgehead atoms. The largest absolute Gasteiger partial charge is 0.365 e. The van der Waals surface area contributed by atoms with E-state index in [1.54, 1.807) is 0 Å². The van der Waals surface area contributed by atoms with Gasteiger partial charge in [-0.3, -0.25) is 0 Å². The summed E-state index contributed by atoms with van der Waals surface area (Å²) in [6, 6.07) is 0.350. The lowest BCUT2D eigenvalue weighted by atomic mass is 9.81. The van der Waals surface area contributed by atoms with Gasteiger partial charge in [0, 0.05) is 12.1 Å². The summed E-state index contributed by atoms with van der Waals surface area (Å²) in [5, 5.41) is 7.13. The number of hydrogen-bond acceptors (Lipinski definition) is 2. The summed E-state index contributed by atoms with van der Waals surface area (Å²) in [5.41, 5.74) is 3.97. The zero-order valence-electron chi connectivity index (χ0n) is 14.4. The fraction of sp³-hybridized carbons (Fsp3) is 0.600. The van der Waals surface area contributed by atoms with E-state index in [1.165, 1.54) is 48.9 Å². The molecular formula is C20H32N2. The lowest BCUT2D eigenvalue weighted by Crippen LogP contribution is -2.40. The fourth-order valence-electron chi connectivity index (χ4n) is 3.62. The molecule has 0 aromatic heterocycles. The Hall–Kier alpha value is -1.44. The van der Waals surface area contributed by atoms with Crippen molar-refractivity contribution in [2.75, 3.05) is 0 Å². The maximum atomic E-state index is 4.21. The molecule has 0 aromatic carbocycles. The lowest BCUT2D eigenvalue weighted by Gasteiger charge is -2.33. The van der Waals surface area contributed by atoms with Crippen LogP contribution in [0.1, 0.15) is 65.2 Å². The summed E-state index contributed by atoms with van der Waals surface area (Å²) < 4.78 is 0. The van der Waals surface area contributed by atoms with Crippen LogP contribution in [0.15, 0.2) is 48.0 Å². The SMILES string of the molecule is C=C(NC1=C(C)CCC=CC1)NC(C(=C)C)C1CCCCC1. The second kappa shape index (κ2) is 8.26. The molecule has 0 radical (unpaired) electrons. The van der Waals surface area contributed by atoms with Gasteiger partial charge in [-0.15, -0.1) is 0 Å². The van der Waals surface area contributed by atoms with Gasteiger partial charge in [-0.2, -0.15) is 0 Å². The van der Waals surface area contributed by atoms with Crippen LogP contribution < -0.4 is 10.6 Å². The van der Waals surface area contributed by atoms with E-state index in [2.05, 4.69) is 49.8 Å². The lowest BCUT2D eigenvalue weighted by molar-refractivity contribution is 0.301. The zero-order valence-corrected chi connectivity index (χ0v) is 14.4. The topological polar surface area (TPSA) is 24.1 Å². The van der Waals surface area contributed by atoms with Gasteiger partial charge >= 0.3 is 0 Å². The molecule has 2 rings (SSSR count). The van der Waals surface area contributed by atoms with Crippen LogP contribution in [0.25, 0.3) is 0 Å². The maximum Gasteiger partial charge on any atom is 0.0959 e. The van der Waals surface area contributed by atoms with E-state index in [4.69, 9.17) is 0 Å². The molecular weight excluding hydrogens is 268 g/mol. The second-order valence-corrected chi connectivity index (χ2v) is 6.94. The average Bonchev–Trinajstić information content (AvgIpc) is 2.70. The Kier molecular flexibility index (Phi) is 6.35. The van der Waals surface area contributed by atoms with E-state index in [9.17, 15) is 0 Å². The Bertz CT molecular complexity index is 464. The van der Waals surface area contributed by atoms with Crippen molar-refractivity contribution in [3.63, 3.8) is 0 Å². The molecule has 1 unspecified atom stereocenters. The molecule has 1 saturated carbocycles. The highest BCUT2D eigenvalue weighted by molar-refractivity contribution is 5.21. The van der Waals surface area contributed by atoms with Gasteiger partial charge in [0.25, 0.3) is 0 Å². The fourth-order valence-corrected chi connectivity index (χ4v) is 3.62. The summed E-state index contributed by atoms with van der Waals surface area (Å²) in [7, 11) is 0. The van der Waals surface area contributed by atoms with Crippen LogP contribution in [0.4, 0.5) is 0 Å². The molecule has 2 aliphatic carbocycles. The molecule has 2 aliphatic rings. The Morgan fingerprint density at radius 1 is 1.18 bits per heavy atom. The molecule has 0 amide bonds. The van der Waals surface area contributed by atoms with Gasteiger partial charge in [-0.25, -0.2) is 0 Å². The first-order valence-electron chi connectivity index (χ1n) is 8.79. The first kappa shape index (κ1) is 16.9. The minimum absolute atomic E-state index is 0.350. The molecule has 1 atom stereocenters. The van der Waals surface area contributed by atoms with Gasteiger partial charge in [-0.1, -0.05) is 55.7 Å². The summed E-state index contributed by atoms with van der Waals surface area (Å²) in [6.45, 7) is 12.8. The van der Waals surface area contributed by atoms with E-state index in [0.29, 0.717) is 12.0 Å². The summed E-state index contributed by atoms with van der Waals surface area (Å²) in [4.78, 5) is 0. The van der Waals surface area contributed by atoms with Crippen LogP contribution in [0.3, 0.4) is 0 Å². The van der Waals surface area contributed by atoms with E-state index in [-0.39, 0.29) is 0 Å². The maximum absolute atomic E-state index is 4.21. The Morgan fingerprint density at radius 3 is 2.59 bits per heavy atom. The van der Waals surface area contributed by atoms with Crippen molar-refractivity contribution >= 4 is 0 Å². The highest BCUT2D eigenvalue weighted by Crippen LogP contribution is 2.29. The Labute approximate surface area is 136 Å². The smallest absolute Gasteiger partial charge is 0.0959 e. The van der Waals surface area contributed by atoms with Gasteiger partial charge in [0.1, 0.15) is 0 Å². The Morgan fingerprint density at radius 2 is 1.91 bits per heavy atom. The average molecular weight is 300 g/mol. The van der Waals surface area contributed by atoms with E-state index in [1.807, 2.05) is 0 Å². The number of hydrogen-bond donors (Lipinski definition) is 2. The molecule has 0 heterocycles. The van der Waals surface area contributed by atoms with Crippen LogP contribution in [-0.2, 0) is 0 Å². The van der Waals surface area contributed by atoms with Crippen LogP contribution in [-0.4, -0.2) is 6.04 Å². The van der Waals surface area contributed by atoms with Crippen molar-refractivity contribution < 1.29 is 0 Å². The molecule has 2 nitrogen and oxygen atoms in total. The molecule has 22 heavy (non-hydrogen) atoms. The van der Waals surface area contributed by atoms with Crippen molar-refractivity contribution in [1.82, 2.24) is 10.6 Å². The molecule has 122 valence electrons. The van der Waals surface area contributed by atoms with E-state index < -0.39 is 0 Å². The predicted molar refractivity (Wildman–Crippen MR) is 96.3 cm³/mol.